The maximum atomic E-state index is 12.7. The second kappa shape index (κ2) is 11.2. The fourth-order valence-corrected chi connectivity index (χ4v) is 3.41. The second-order valence-corrected chi connectivity index (χ2v) is 7.68. The van der Waals surface area contributed by atoms with E-state index in [1.807, 2.05) is 6.07 Å². The largest absolute Gasteiger partial charge is 0.493 e. The summed E-state index contributed by atoms with van der Waals surface area (Å²) < 4.78 is 11.3. The van der Waals surface area contributed by atoms with Crippen molar-refractivity contribution in [3.05, 3.63) is 97.5 Å². The molecule has 0 aromatic heterocycles. The summed E-state index contributed by atoms with van der Waals surface area (Å²) in [5, 5.41) is 23.9. The molecule has 0 saturated carbocycles. The highest BCUT2D eigenvalue weighted by Crippen LogP contribution is 2.34. The van der Waals surface area contributed by atoms with Crippen LogP contribution in [-0.4, -0.2) is 17.9 Å². The SMILES string of the molecule is COc1cccc(/C=C(\C#N)C(=O)Nc2cccc([N+](=O)[O-])c2)c1OCc1ccc(Cl)cc1Cl. The summed E-state index contributed by atoms with van der Waals surface area (Å²) in [7, 11) is 1.46. The van der Waals surface area contributed by atoms with E-state index in [0.717, 1.165) is 0 Å². The zero-order valence-electron chi connectivity index (χ0n) is 17.7. The summed E-state index contributed by atoms with van der Waals surface area (Å²) >= 11 is 12.2. The Hall–Kier alpha value is -4.06. The fourth-order valence-electron chi connectivity index (χ4n) is 2.95. The summed E-state index contributed by atoms with van der Waals surface area (Å²) in [6.07, 6.45) is 1.34. The van der Waals surface area contributed by atoms with Gasteiger partial charge in [-0.15, -0.1) is 0 Å². The van der Waals surface area contributed by atoms with E-state index in [4.69, 9.17) is 32.7 Å². The van der Waals surface area contributed by atoms with Crippen LogP contribution < -0.4 is 14.8 Å². The molecule has 0 radical (unpaired) electrons. The highest BCUT2D eigenvalue weighted by atomic mass is 35.5. The number of para-hydroxylation sites is 1. The van der Waals surface area contributed by atoms with E-state index >= 15 is 0 Å². The molecule has 1 N–H and O–H groups in total. The predicted octanol–water partition coefficient (Wildman–Crippen LogP) is 6.03. The third-order valence-corrected chi connectivity index (χ3v) is 5.18. The molecule has 172 valence electrons. The van der Waals surface area contributed by atoms with Crippen LogP contribution in [0.15, 0.2) is 66.2 Å². The average Bonchev–Trinajstić information content (AvgIpc) is 2.82. The number of hydrogen-bond donors (Lipinski definition) is 1. The number of amides is 1. The first kappa shape index (κ1) is 24.6. The highest BCUT2D eigenvalue weighted by Gasteiger charge is 2.16. The van der Waals surface area contributed by atoms with Crippen LogP contribution in [-0.2, 0) is 11.4 Å². The molecular weight excluding hydrogens is 481 g/mol. The number of rotatable bonds is 8. The molecular formula is C24H17Cl2N3O5. The number of benzene rings is 3. The lowest BCUT2D eigenvalue weighted by molar-refractivity contribution is -0.384. The van der Waals surface area contributed by atoms with Gasteiger partial charge < -0.3 is 14.8 Å². The number of anilines is 1. The van der Waals surface area contributed by atoms with E-state index < -0.39 is 10.8 Å². The van der Waals surface area contributed by atoms with Gasteiger partial charge in [0.05, 0.1) is 12.0 Å². The lowest BCUT2D eigenvalue weighted by Crippen LogP contribution is -2.13. The van der Waals surface area contributed by atoms with Gasteiger partial charge in [0.1, 0.15) is 18.2 Å². The third-order valence-electron chi connectivity index (χ3n) is 4.60. The molecule has 3 aromatic carbocycles. The summed E-state index contributed by atoms with van der Waals surface area (Å²) in [5.74, 6) is -0.0559. The molecule has 0 unspecified atom stereocenters. The summed E-state index contributed by atoms with van der Waals surface area (Å²) in [6.45, 7) is 0.0823. The molecule has 0 fully saturated rings. The van der Waals surface area contributed by atoms with Gasteiger partial charge in [0.15, 0.2) is 11.5 Å². The topological polar surface area (TPSA) is 114 Å². The lowest BCUT2D eigenvalue weighted by Gasteiger charge is -2.14. The molecule has 0 aliphatic heterocycles. The Kier molecular flexibility index (Phi) is 8.09. The summed E-state index contributed by atoms with van der Waals surface area (Å²) in [6, 6.07) is 17.3. The van der Waals surface area contributed by atoms with Crippen LogP contribution in [0.3, 0.4) is 0 Å². The van der Waals surface area contributed by atoms with Gasteiger partial charge in [-0.05, 0) is 30.3 Å². The van der Waals surface area contributed by atoms with Crippen molar-refractivity contribution in [2.75, 3.05) is 12.4 Å². The first-order chi connectivity index (χ1) is 16.3. The molecule has 0 bridgehead atoms. The Morgan fingerprint density at radius 1 is 1.18 bits per heavy atom. The standard InChI is InChI=1S/C24H17Cl2N3O5/c1-33-22-7-2-4-15(23(22)34-14-16-8-9-18(25)11-21(16)26)10-17(13-27)24(30)28-19-5-3-6-20(12-19)29(31)32/h2-12H,14H2,1H3,(H,28,30)/b17-10+. The highest BCUT2D eigenvalue weighted by molar-refractivity contribution is 6.35. The number of nitro benzene ring substituents is 1. The van der Waals surface area contributed by atoms with Crippen molar-refractivity contribution in [1.29, 1.82) is 5.26 Å². The quantitative estimate of drug-likeness (QED) is 0.175. The number of nitrogens with zero attached hydrogens (tertiary/aromatic N) is 2. The fraction of sp³-hybridized carbons (Fsp3) is 0.0833. The maximum absolute atomic E-state index is 12.7. The van der Waals surface area contributed by atoms with E-state index in [0.29, 0.717) is 32.7 Å². The maximum Gasteiger partial charge on any atom is 0.271 e. The van der Waals surface area contributed by atoms with Gasteiger partial charge >= 0.3 is 0 Å². The van der Waals surface area contributed by atoms with Crippen LogP contribution >= 0.6 is 23.2 Å². The van der Waals surface area contributed by atoms with Crippen molar-refractivity contribution < 1.29 is 19.2 Å². The van der Waals surface area contributed by atoms with Crippen LogP contribution in [0.25, 0.3) is 6.08 Å². The van der Waals surface area contributed by atoms with Crippen molar-refractivity contribution in [3.8, 4) is 17.6 Å². The smallest absolute Gasteiger partial charge is 0.271 e. The van der Waals surface area contributed by atoms with Gasteiger partial charge in [-0.25, -0.2) is 0 Å². The summed E-state index contributed by atoms with van der Waals surface area (Å²) in [4.78, 5) is 23.1. The van der Waals surface area contributed by atoms with Crippen molar-refractivity contribution in [3.63, 3.8) is 0 Å². The molecule has 3 aromatic rings. The Balaban J connectivity index is 1.89. The predicted molar refractivity (Wildman–Crippen MR) is 129 cm³/mol. The number of non-ortho nitro benzene ring substituents is 1. The van der Waals surface area contributed by atoms with E-state index in [2.05, 4.69) is 5.32 Å². The Labute approximate surface area is 205 Å². The van der Waals surface area contributed by atoms with E-state index in [1.54, 1.807) is 36.4 Å². The number of ether oxygens (including phenoxy) is 2. The first-order valence-corrected chi connectivity index (χ1v) is 10.5. The molecule has 0 aliphatic carbocycles. The average molecular weight is 498 g/mol. The minimum absolute atomic E-state index is 0.0823. The van der Waals surface area contributed by atoms with Crippen LogP contribution in [0.1, 0.15) is 11.1 Å². The van der Waals surface area contributed by atoms with Crippen molar-refractivity contribution in [1.82, 2.24) is 0 Å². The first-order valence-electron chi connectivity index (χ1n) is 9.73. The molecule has 0 aliphatic rings. The number of methoxy groups -OCH3 is 1. The van der Waals surface area contributed by atoms with Crippen LogP contribution in [0.4, 0.5) is 11.4 Å². The molecule has 3 rings (SSSR count). The zero-order valence-corrected chi connectivity index (χ0v) is 19.3. The minimum atomic E-state index is -0.738. The van der Waals surface area contributed by atoms with Gasteiger partial charge in [-0.2, -0.15) is 5.26 Å². The Bertz CT molecular complexity index is 1320. The lowest BCUT2D eigenvalue weighted by atomic mass is 10.1. The summed E-state index contributed by atoms with van der Waals surface area (Å²) in [5.41, 5.74) is 0.838. The van der Waals surface area contributed by atoms with Crippen LogP contribution in [0.2, 0.25) is 10.0 Å². The Morgan fingerprint density at radius 2 is 1.94 bits per heavy atom. The number of nitriles is 1. The van der Waals surface area contributed by atoms with Crippen molar-refractivity contribution in [2.45, 2.75) is 6.61 Å². The molecule has 8 nitrogen and oxygen atoms in total. The molecule has 0 spiro atoms. The van der Waals surface area contributed by atoms with E-state index in [1.165, 1.54) is 37.5 Å². The number of carbonyl (C=O) groups excluding carboxylic acids is 1. The number of carbonyl (C=O) groups is 1. The third kappa shape index (κ3) is 6.04. The molecule has 0 saturated heterocycles. The Morgan fingerprint density at radius 3 is 2.62 bits per heavy atom. The number of halogens is 2. The van der Waals surface area contributed by atoms with Crippen LogP contribution in [0, 0.1) is 21.4 Å². The van der Waals surface area contributed by atoms with Crippen molar-refractivity contribution in [2.24, 2.45) is 0 Å². The normalized spacial score (nSPS) is 10.8. The monoisotopic (exact) mass is 497 g/mol. The van der Waals surface area contributed by atoms with Gasteiger partial charge in [-0.3, -0.25) is 14.9 Å². The van der Waals surface area contributed by atoms with E-state index in [-0.39, 0.29) is 23.6 Å². The van der Waals surface area contributed by atoms with Gasteiger partial charge in [0.25, 0.3) is 11.6 Å². The van der Waals surface area contributed by atoms with Gasteiger partial charge in [-0.1, -0.05) is 47.5 Å². The van der Waals surface area contributed by atoms with Gasteiger partial charge in [0.2, 0.25) is 0 Å². The molecule has 0 atom stereocenters. The van der Waals surface area contributed by atoms with E-state index in [9.17, 15) is 20.2 Å². The number of nitrogens with one attached hydrogen (secondary N) is 1. The van der Waals surface area contributed by atoms with Gasteiger partial charge in [0, 0.05) is 39.0 Å². The molecule has 1 amide bonds. The van der Waals surface area contributed by atoms with Crippen LogP contribution in [0.5, 0.6) is 11.5 Å². The zero-order chi connectivity index (χ0) is 24.7. The number of nitro groups is 1. The number of hydrogen-bond acceptors (Lipinski definition) is 6. The molecule has 0 heterocycles. The minimum Gasteiger partial charge on any atom is -0.493 e. The molecule has 10 heteroatoms. The van der Waals surface area contributed by atoms with Crippen molar-refractivity contribution >= 4 is 46.6 Å². The second-order valence-electron chi connectivity index (χ2n) is 6.83. The molecule has 34 heavy (non-hydrogen) atoms.